The average Bonchev–Trinajstić information content (AvgIpc) is 2.75. The average molecular weight is 442 g/mol. The largest absolute Gasteiger partial charge is 0.382 e. The molecule has 0 aliphatic heterocycles. The highest BCUT2D eigenvalue weighted by atomic mass is 32.1. The van der Waals surface area contributed by atoms with Crippen molar-refractivity contribution in [3.05, 3.63) is 81.4 Å². The summed E-state index contributed by atoms with van der Waals surface area (Å²) in [6.07, 6.45) is 0.828. The second kappa shape index (κ2) is 11.0. The van der Waals surface area contributed by atoms with Crippen LogP contribution < -0.4 is 10.9 Å². The fraction of sp³-hybridized carbons (Fsp3) is 0.333. The molecule has 164 valence electrons. The molecule has 0 bridgehead atoms. The van der Waals surface area contributed by atoms with Crippen LogP contribution in [-0.2, 0) is 17.8 Å². The number of hydrogen-bond donors (Lipinski definition) is 2. The third-order valence-corrected chi connectivity index (χ3v) is 5.36. The van der Waals surface area contributed by atoms with Crippen molar-refractivity contribution in [2.75, 3.05) is 19.8 Å². The van der Waals surface area contributed by atoms with Gasteiger partial charge in [0.15, 0.2) is 5.11 Å². The number of aromatic amines is 1. The molecule has 1 heterocycles. The maximum atomic E-state index is 13.3. The van der Waals surface area contributed by atoms with Gasteiger partial charge < -0.3 is 19.9 Å². The number of H-pyrrole nitrogens is 1. The predicted octanol–water partition coefficient (Wildman–Crippen LogP) is 4.28. The van der Waals surface area contributed by atoms with Crippen LogP contribution in [0, 0.1) is 12.7 Å². The molecular weight excluding hydrogens is 413 g/mol. The molecule has 3 aromatic rings. The Kier molecular flexibility index (Phi) is 8.14. The number of pyridine rings is 1. The van der Waals surface area contributed by atoms with E-state index in [0.29, 0.717) is 43.5 Å². The minimum absolute atomic E-state index is 0.138. The van der Waals surface area contributed by atoms with Gasteiger partial charge in [0.05, 0.1) is 6.54 Å². The molecular formula is C24H28FN3O2S. The quantitative estimate of drug-likeness (QED) is 0.383. The summed E-state index contributed by atoms with van der Waals surface area (Å²) in [6, 6.07) is 14.2. The van der Waals surface area contributed by atoms with Gasteiger partial charge in [-0.05, 0) is 73.3 Å². The Balaban J connectivity index is 1.79. The number of rotatable bonds is 9. The first kappa shape index (κ1) is 22.9. The summed E-state index contributed by atoms with van der Waals surface area (Å²) in [4.78, 5) is 17.6. The summed E-state index contributed by atoms with van der Waals surface area (Å²) >= 11 is 5.62. The number of nitrogens with one attached hydrogen (secondary N) is 2. The van der Waals surface area contributed by atoms with E-state index >= 15 is 0 Å². The number of halogens is 1. The fourth-order valence-electron chi connectivity index (χ4n) is 3.32. The van der Waals surface area contributed by atoms with E-state index in [9.17, 15) is 9.18 Å². The molecule has 0 spiro atoms. The smallest absolute Gasteiger partial charge is 0.253 e. The molecule has 0 aliphatic carbocycles. The van der Waals surface area contributed by atoms with Crippen molar-refractivity contribution in [1.29, 1.82) is 0 Å². The fourth-order valence-corrected chi connectivity index (χ4v) is 3.55. The number of nitrogens with zero attached hydrogens (tertiary/aromatic N) is 1. The van der Waals surface area contributed by atoms with Crippen molar-refractivity contribution < 1.29 is 9.13 Å². The second-order valence-electron chi connectivity index (χ2n) is 7.48. The van der Waals surface area contributed by atoms with Crippen molar-refractivity contribution in [2.24, 2.45) is 0 Å². The van der Waals surface area contributed by atoms with E-state index in [1.165, 1.54) is 12.1 Å². The molecule has 0 aliphatic rings. The van der Waals surface area contributed by atoms with E-state index < -0.39 is 0 Å². The molecule has 0 radical (unpaired) electrons. The van der Waals surface area contributed by atoms with Crippen LogP contribution in [0.25, 0.3) is 10.9 Å². The molecule has 0 saturated heterocycles. The van der Waals surface area contributed by atoms with Crippen molar-refractivity contribution in [3.8, 4) is 0 Å². The zero-order valence-electron chi connectivity index (χ0n) is 17.9. The van der Waals surface area contributed by atoms with Gasteiger partial charge in [-0.2, -0.15) is 0 Å². The van der Waals surface area contributed by atoms with Crippen LogP contribution in [0.1, 0.15) is 30.0 Å². The number of aryl methyl sites for hydroxylation is 1. The summed E-state index contributed by atoms with van der Waals surface area (Å²) in [6.45, 7) is 6.78. The number of fused-ring (bicyclic) bond motifs is 1. The minimum Gasteiger partial charge on any atom is -0.382 e. The Labute approximate surface area is 187 Å². The molecule has 7 heteroatoms. The number of thiocarbonyl (C=S) groups is 1. The summed E-state index contributed by atoms with van der Waals surface area (Å²) in [5, 5.41) is 4.76. The van der Waals surface area contributed by atoms with Crippen molar-refractivity contribution in [1.82, 2.24) is 15.2 Å². The van der Waals surface area contributed by atoms with E-state index in [1.54, 1.807) is 12.1 Å². The summed E-state index contributed by atoms with van der Waals surface area (Å²) in [5.74, 6) is -0.284. The Morgan fingerprint density at radius 2 is 1.94 bits per heavy atom. The summed E-state index contributed by atoms with van der Waals surface area (Å²) in [7, 11) is 0. The number of ether oxygens (including phenoxy) is 1. The first-order chi connectivity index (χ1) is 15.0. The lowest BCUT2D eigenvalue weighted by atomic mass is 10.1. The first-order valence-electron chi connectivity index (χ1n) is 10.4. The van der Waals surface area contributed by atoms with Gasteiger partial charge in [-0.3, -0.25) is 4.79 Å². The van der Waals surface area contributed by atoms with Gasteiger partial charge in [0.25, 0.3) is 5.56 Å². The molecule has 3 rings (SSSR count). The Bertz CT molecular complexity index is 1080. The van der Waals surface area contributed by atoms with Crippen molar-refractivity contribution >= 4 is 28.2 Å². The number of aromatic nitrogens is 1. The predicted molar refractivity (Wildman–Crippen MR) is 127 cm³/mol. The lowest BCUT2D eigenvalue weighted by molar-refractivity contribution is 0.145. The summed E-state index contributed by atoms with van der Waals surface area (Å²) < 4.78 is 18.7. The van der Waals surface area contributed by atoms with Gasteiger partial charge >= 0.3 is 0 Å². The van der Waals surface area contributed by atoms with E-state index in [1.807, 2.05) is 43.0 Å². The third-order valence-electron chi connectivity index (χ3n) is 4.96. The SMILES string of the molecule is CCOCCCNC(=S)N(Cc1ccc(F)cc1)Cc1cc2ccc(C)cc2[nH]c1=O. The van der Waals surface area contributed by atoms with Crippen LogP contribution in [0.5, 0.6) is 0 Å². The zero-order valence-corrected chi connectivity index (χ0v) is 18.7. The minimum atomic E-state index is -0.284. The highest BCUT2D eigenvalue weighted by Crippen LogP contribution is 2.15. The molecule has 0 unspecified atom stereocenters. The van der Waals surface area contributed by atoms with Gasteiger partial charge in [0.1, 0.15) is 5.82 Å². The molecule has 0 saturated carbocycles. The van der Waals surface area contributed by atoms with Gasteiger partial charge in [0.2, 0.25) is 0 Å². The van der Waals surface area contributed by atoms with Crippen molar-refractivity contribution in [2.45, 2.75) is 33.4 Å². The number of hydrogen-bond acceptors (Lipinski definition) is 3. The van der Waals surface area contributed by atoms with Gasteiger partial charge in [-0.25, -0.2) is 4.39 Å². The van der Waals surface area contributed by atoms with Gasteiger partial charge in [-0.1, -0.05) is 24.3 Å². The zero-order chi connectivity index (χ0) is 22.2. The normalized spacial score (nSPS) is 10.9. The van der Waals surface area contributed by atoms with Crippen LogP contribution >= 0.6 is 12.2 Å². The molecule has 2 N–H and O–H groups in total. The topological polar surface area (TPSA) is 57.4 Å². The number of benzene rings is 2. The lowest BCUT2D eigenvalue weighted by Crippen LogP contribution is -2.40. The second-order valence-corrected chi connectivity index (χ2v) is 7.87. The standard InChI is InChI=1S/C24H28FN3O2S/c1-3-30-12-4-11-26-24(31)28(15-18-6-9-21(25)10-7-18)16-20-14-19-8-5-17(2)13-22(19)27-23(20)29/h5-10,13-14H,3-4,11-12,15-16H2,1-2H3,(H,26,31)(H,27,29). The van der Waals surface area contributed by atoms with Crippen molar-refractivity contribution in [3.63, 3.8) is 0 Å². The van der Waals surface area contributed by atoms with Crippen LogP contribution in [-0.4, -0.2) is 34.8 Å². The lowest BCUT2D eigenvalue weighted by Gasteiger charge is -2.26. The third kappa shape index (κ3) is 6.60. The molecule has 0 atom stereocenters. The highest BCUT2D eigenvalue weighted by Gasteiger charge is 2.14. The van der Waals surface area contributed by atoms with Crippen LogP contribution in [0.4, 0.5) is 4.39 Å². The molecule has 5 nitrogen and oxygen atoms in total. The van der Waals surface area contributed by atoms with Gasteiger partial charge in [0, 0.05) is 37.4 Å². The van der Waals surface area contributed by atoms with Crippen LogP contribution in [0.15, 0.2) is 53.3 Å². The van der Waals surface area contributed by atoms with E-state index in [-0.39, 0.29) is 11.4 Å². The molecule has 31 heavy (non-hydrogen) atoms. The first-order valence-corrected chi connectivity index (χ1v) is 10.8. The maximum Gasteiger partial charge on any atom is 0.253 e. The van der Waals surface area contributed by atoms with E-state index in [0.717, 1.165) is 28.5 Å². The van der Waals surface area contributed by atoms with E-state index in [4.69, 9.17) is 17.0 Å². The molecule has 0 amide bonds. The highest BCUT2D eigenvalue weighted by molar-refractivity contribution is 7.80. The molecule has 2 aromatic carbocycles. The van der Waals surface area contributed by atoms with Crippen LogP contribution in [0.3, 0.4) is 0 Å². The van der Waals surface area contributed by atoms with Crippen LogP contribution in [0.2, 0.25) is 0 Å². The Morgan fingerprint density at radius 1 is 1.16 bits per heavy atom. The summed E-state index contributed by atoms with van der Waals surface area (Å²) in [5.41, 5.74) is 3.30. The van der Waals surface area contributed by atoms with E-state index in [2.05, 4.69) is 10.3 Å². The van der Waals surface area contributed by atoms with Gasteiger partial charge in [-0.15, -0.1) is 0 Å². The maximum absolute atomic E-state index is 13.3. The molecule has 1 aromatic heterocycles. The Morgan fingerprint density at radius 3 is 2.68 bits per heavy atom. The Hall–Kier alpha value is -2.77. The molecule has 0 fully saturated rings. The monoisotopic (exact) mass is 441 g/mol.